The molecule has 0 aliphatic carbocycles. The summed E-state index contributed by atoms with van der Waals surface area (Å²) in [6.07, 6.45) is 10.5. The number of pyridine rings is 1. The number of allylic oxidation sites excluding steroid dienone is 8. The fraction of sp³-hybridized carbons (Fsp3) is 0.167. The molecule has 0 saturated carbocycles. The third kappa shape index (κ3) is 7.85. The van der Waals surface area contributed by atoms with Crippen LogP contribution in [0.2, 0.25) is 0 Å². The number of rotatable bonds is 12. The van der Waals surface area contributed by atoms with Gasteiger partial charge in [0.25, 0.3) is 0 Å². The van der Waals surface area contributed by atoms with E-state index in [1.165, 1.54) is 12.1 Å². The van der Waals surface area contributed by atoms with E-state index in [1.54, 1.807) is 43.5 Å². The maximum atomic E-state index is 14.7. The summed E-state index contributed by atoms with van der Waals surface area (Å²) in [6, 6.07) is 6.55. The van der Waals surface area contributed by atoms with Crippen molar-refractivity contribution in [3.63, 3.8) is 0 Å². The summed E-state index contributed by atoms with van der Waals surface area (Å²) in [4.78, 5) is 4.23. The van der Waals surface area contributed by atoms with Crippen LogP contribution in [0.5, 0.6) is 0 Å². The highest BCUT2D eigenvalue weighted by Gasteiger charge is 2.15. The molecule has 0 aliphatic rings. The van der Waals surface area contributed by atoms with E-state index in [2.05, 4.69) is 31.3 Å². The topological polar surface area (TPSA) is 22.1 Å². The van der Waals surface area contributed by atoms with Crippen LogP contribution in [0.1, 0.15) is 31.4 Å². The van der Waals surface area contributed by atoms with Gasteiger partial charge in [-0.1, -0.05) is 68.3 Å². The summed E-state index contributed by atoms with van der Waals surface area (Å²) in [7, 11) is 0. The molecule has 0 fully saturated rings. The Morgan fingerprint density at radius 2 is 1.74 bits per heavy atom. The van der Waals surface area contributed by atoms with E-state index in [4.69, 9.17) is 4.74 Å². The monoisotopic (exact) mass is 477 g/mol. The standard InChI is InChI=1S/C30H30F3NO/c1-7-9-24-13-17-28(34-19-24)26-16-15-25(29(32)30(26)33)14-11-20(3)10-12-21(4)22(5)18-27(31)23(6)35-8-2/h7,9-10,12-13,15-19H,3-6,8,11,14H2,1-2H3/b9-7+,12-10-,27-18+. The van der Waals surface area contributed by atoms with E-state index in [-0.39, 0.29) is 23.3 Å². The van der Waals surface area contributed by atoms with E-state index in [1.807, 2.05) is 19.1 Å². The highest BCUT2D eigenvalue weighted by atomic mass is 19.2. The first-order valence-corrected chi connectivity index (χ1v) is 11.2. The van der Waals surface area contributed by atoms with Gasteiger partial charge < -0.3 is 4.74 Å². The van der Waals surface area contributed by atoms with Crippen molar-refractivity contribution in [1.29, 1.82) is 0 Å². The Labute approximate surface area is 205 Å². The largest absolute Gasteiger partial charge is 0.491 e. The minimum Gasteiger partial charge on any atom is -0.491 e. The van der Waals surface area contributed by atoms with Crippen molar-refractivity contribution in [3.8, 4) is 11.3 Å². The van der Waals surface area contributed by atoms with E-state index in [9.17, 15) is 13.2 Å². The molecule has 0 N–H and O–H groups in total. The summed E-state index contributed by atoms with van der Waals surface area (Å²) in [5, 5.41) is 0. The number of hydrogen-bond acceptors (Lipinski definition) is 2. The molecule has 0 bridgehead atoms. The fourth-order valence-corrected chi connectivity index (χ4v) is 3.11. The molecule has 35 heavy (non-hydrogen) atoms. The molecule has 2 nitrogen and oxygen atoms in total. The molecule has 1 aromatic carbocycles. The minimum absolute atomic E-state index is 0.0726. The smallest absolute Gasteiger partial charge is 0.168 e. The van der Waals surface area contributed by atoms with Crippen LogP contribution in [0.15, 0.2) is 109 Å². The van der Waals surface area contributed by atoms with Crippen molar-refractivity contribution < 1.29 is 17.9 Å². The quantitative estimate of drug-likeness (QED) is 0.225. The maximum Gasteiger partial charge on any atom is 0.168 e. The molecule has 0 amide bonds. The first-order valence-electron chi connectivity index (χ1n) is 11.2. The second kappa shape index (κ2) is 13.1. The van der Waals surface area contributed by atoms with Crippen LogP contribution in [0.25, 0.3) is 17.3 Å². The Morgan fingerprint density at radius 3 is 2.37 bits per heavy atom. The summed E-state index contributed by atoms with van der Waals surface area (Å²) >= 11 is 0. The zero-order chi connectivity index (χ0) is 26.0. The molecule has 0 unspecified atom stereocenters. The third-order valence-electron chi connectivity index (χ3n) is 5.12. The summed E-state index contributed by atoms with van der Waals surface area (Å²) in [6.45, 7) is 19.0. The van der Waals surface area contributed by atoms with Gasteiger partial charge in [0.2, 0.25) is 0 Å². The van der Waals surface area contributed by atoms with Crippen molar-refractivity contribution in [2.24, 2.45) is 0 Å². The Morgan fingerprint density at radius 1 is 1.00 bits per heavy atom. The molecule has 1 heterocycles. The lowest BCUT2D eigenvalue weighted by atomic mass is 10.00. The maximum absolute atomic E-state index is 14.7. The van der Waals surface area contributed by atoms with E-state index in [0.29, 0.717) is 35.4 Å². The van der Waals surface area contributed by atoms with Crippen molar-refractivity contribution in [3.05, 3.63) is 132 Å². The average molecular weight is 478 g/mol. The SMILES string of the molecule is C=C(/C=C\C(=C)C(=C)/C=C(/F)C(=C)OCC)CCc1ccc(-c2ccc(/C=C/C)cn2)c(F)c1F. The second-order valence-electron chi connectivity index (χ2n) is 7.77. The summed E-state index contributed by atoms with van der Waals surface area (Å²) in [5.41, 5.74) is 3.09. The van der Waals surface area contributed by atoms with Crippen LogP contribution in [0, 0.1) is 11.6 Å². The van der Waals surface area contributed by atoms with Gasteiger partial charge in [-0.2, -0.15) is 0 Å². The predicted molar refractivity (Wildman–Crippen MR) is 139 cm³/mol. The molecule has 0 saturated heterocycles. The van der Waals surface area contributed by atoms with Crippen molar-refractivity contribution in [1.82, 2.24) is 4.98 Å². The van der Waals surface area contributed by atoms with Crippen LogP contribution in [-0.4, -0.2) is 11.6 Å². The molecule has 182 valence electrons. The molecular weight excluding hydrogens is 447 g/mol. The molecule has 2 rings (SSSR count). The van der Waals surface area contributed by atoms with E-state index < -0.39 is 17.5 Å². The number of halogens is 3. The highest BCUT2D eigenvalue weighted by molar-refractivity contribution is 5.62. The number of aryl methyl sites for hydroxylation is 1. The lowest BCUT2D eigenvalue weighted by Gasteiger charge is -2.09. The Bertz CT molecular complexity index is 1200. The molecule has 5 heteroatoms. The number of benzene rings is 1. The number of aromatic nitrogens is 1. The van der Waals surface area contributed by atoms with Gasteiger partial charge in [0.05, 0.1) is 12.3 Å². The van der Waals surface area contributed by atoms with Crippen molar-refractivity contribution >= 4 is 6.08 Å². The van der Waals surface area contributed by atoms with Gasteiger partial charge in [-0.25, -0.2) is 13.2 Å². The zero-order valence-corrected chi connectivity index (χ0v) is 20.2. The first-order chi connectivity index (χ1) is 16.7. The lowest BCUT2D eigenvalue weighted by molar-refractivity contribution is 0.226. The Balaban J connectivity index is 2.01. The molecule has 0 radical (unpaired) electrons. The van der Waals surface area contributed by atoms with Gasteiger partial charge in [-0.05, 0) is 67.2 Å². The predicted octanol–water partition coefficient (Wildman–Crippen LogP) is 8.62. The number of hydrogen-bond donors (Lipinski definition) is 0. The minimum atomic E-state index is -0.929. The first kappa shape index (κ1) is 27.4. The van der Waals surface area contributed by atoms with Crippen LogP contribution in [-0.2, 0) is 11.2 Å². The average Bonchev–Trinajstić information content (AvgIpc) is 2.84. The molecule has 1 aromatic heterocycles. The van der Waals surface area contributed by atoms with Gasteiger partial charge in [-0.3, -0.25) is 4.98 Å². The lowest BCUT2D eigenvalue weighted by Crippen LogP contribution is -1.99. The highest BCUT2D eigenvalue weighted by Crippen LogP contribution is 2.26. The second-order valence-corrected chi connectivity index (χ2v) is 7.77. The molecular formula is C30H30F3NO. The third-order valence-corrected chi connectivity index (χ3v) is 5.12. The van der Waals surface area contributed by atoms with Crippen LogP contribution in [0.4, 0.5) is 13.2 Å². The van der Waals surface area contributed by atoms with Crippen LogP contribution >= 0.6 is 0 Å². The number of ether oxygens (including phenoxy) is 1. The fourth-order valence-electron chi connectivity index (χ4n) is 3.11. The van der Waals surface area contributed by atoms with Crippen molar-refractivity contribution in [2.45, 2.75) is 26.7 Å². The molecule has 2 aromatic rings. The zero-order valence-electron chi connectivity index (χ0n) is 20.2. The van der Waals surface area contributed by atoms with Gasteiger partial charge in [-0.15, -0.1) is 0 Å². The summed E-state index contributed by atoms with van der Waals surface area (Å²) in [5.74, 6) is -2.53. The molecule has 0 atom stereocenters. The van der Waals surface area contributed by atoms with E-state index >= 15 is 0 Å². The summed E-state index contributed by atoms with van der Waals surface area (Å²) < 4.78 is 48.4. The van der Waals surface area contributed by atoms with E-state index in [0.717, 1.165) is 5.56 Å². The normalized spacial score (nSPS) is 11.7. The van der Waals surface area contributed by atoms with Crippen LogP contribution in [0.3, 0.4) is 0 Å². The number of nitrogens with zero attached hydrogens (tertiary/aromatic N) is 1. The van der Waals surface area contributed by atoms with Gasteiger partial charge in [0.15, 0.2) is 17.5 Å². The van der Waals surface area contributed by atoms with Crippen LogP contribution < -0.4 is 0 Å². The molecule has 0 spiro atoms. The van der Waals surface area contributed by atoms with Gasteiger partial charge >= 0.3 is 0 Å². The Hall–Kier alpha value is -3.86. The Kier molecular flexibility index (Phi) is 10.3. The van der Waals surface area contributed by atoms with Gasteiger partial charge in [0.1, 0.15) is 5.76 Å². The van der Waals surface area contributed by atoms with Gasteiger partial charge in [0, 0.05) is 11.8 Å². The molecule has 0 aliphatic heterocycles. The van der Waals surface area contributed by atoms with Crippen molar-refractivity contribution in [2.75, 3.05) is 6.61 Å².